The van der Waals surface area contributed by atoms with Crippen LogP contribution in [0.25, 0.3) is 11.5 Å². The summed E-state index contributed by atoms with van der Waals surface area (Å²) in [6, 6.07) is 9.29. The van der Waals surface area contributed by atoms with Gasteiger partial charge in [-0.2, -0.15) is 0 Å². The predicted octanol–water partition coefficient (Wildman–Crippen LogP) is 6.93. The maximum Gasteiger partial charge on any atom is 0.287 e. The third-order valence-corrected chi connectivity index (χ3v) is 5.45. The van der Waals surface area contributed by atoms with Gasteiger partial charge in [-0.05, 0) is 44.2 Å². The van der Waals surface area contributed by atoms with E-state index in [0.717, 1.165) is 24.8 Å². The van der Waals surface area contributed by atoms with Crippen LogP contribution in [0.3, 0.4) is 0 Å². The summed E-state index contributed by atoms with van der Waals surface area (Å²) in [5.74, 6) is -0.316. The Morgan fingerprint density at radius 3 is 2.19 bits per heavy atom. The molecule has 0 aliphatic heterocycles. The number of allylic oxidation sites excluding steroid dienone is 2. The number of ketones is 1. The van der Waals surface area contributed by atoms with Crippen LogP contribution >= 0.6 is 0 Å². The van der Waals surface area contributed by atoms with E-state index in [2.05, 4.69) is 29.3 Å². The minimum atomic E-state index is -1.08. The Morgan fingerprint density at radius 2 is 1.52 bits per heavy atom. The summed E-state index contributed by atoms with van der Waals surface area (Å²) in [6.07, 6.45) is 18.4. The topological polar surface area (TPSA) is 76.2 Å². The highest BCUT2D eigenvalue weighted by Crippen LogP contribution is 2.18. The molecule has 5 heteroatoms. The van der Waals surface area contributed by atoms with Gasteiger partial charge in [-0.1, -0.05) is 88.6 Å². The van der Waals surface area contributed by atoms with Crippen LogP contribution in [0.5, 0.6) is 0 Å². The van der Waals surface area contributed by atoms with E-state index < -0.39 is 11.9 Å². The molecule has 170 valence electrons. The third kappa shape index (κ3) is 10.1. The number of carbonyl (C=O) groups is 1. The number of aliphatic hydroxyl groups is 1. The summed E-state index contributed by atoms with van der Waals surface area (Å²) < 4.78 is 5.44. The molecule has 1 heterocycles. The molecule has 5 nitrogen and oxygen atoms in total. The maximum absolute atomic E-state index is 12.3. The fourth-order valence-corrected chi connectivity index (χ4v) is 3.53. The van der Waals surface area contributed by atoms with Crippen LogP contribution in [0.1, 0.15) is 101 Å². The van der Waals surface area contributed by atoms with Crippen molar-refractivity contribution in [2.24, 2.45) is 0 Å². The lowest BCUT2D eigenvalue weighted by Crippen LogP contribution is -2.20. The monoisotopic (exact) mass is 426 g/mol. The average Bonchev–Trinajstić information content (AvgIpc) is 3.29. The van der Waals surface area contributed by atoms with E-state index in [1.165, 1.54) is 57.8 Å². The summed E-state index contributed by atoms with van der Waals surface area (Å²) in [5, 5.41) is 17.9. The van der Waals surface area contributed by atoms with E-state index in [9.17, 15) is 9.90 Å². The molecule has 1 unspecified atom stereocenters. The lowest BCUT2D eigenvalue weighted by atomic mass is 10.0. The van der Waals surface area contributed by atoms with Gasteiger partial charge in [0.15, 0.2) is 0 Å². The molecule has 1 aromatic carbocycles. The Hall–Kier alpha value is -2.27. The molecule has 0 fully saturated rings. The van der Waals surface area contributed by atoms with Gasteiger partial charge in [0.2, 0.25) is 11.7 Å². The second kappa shape index (κ2) is 15.5. The number of hydrogen-bond donors (Lipinski definition) is 1. The highest BCUT2D eigenvalue weighted by molar-refractivity contribution is 5.95. The Kier molecular flexibility index (Phi) is 12.5. The molecular weight excluding hydrogens is 388 g/mol. The largest absolute Gasteiger partial charge is 0.413 e. The summed E-state index contributed by atoms with van der Waals surface area (Å²) in [4.78, 5) is 12.3. The quantitative estimate of drug-likeness (QED) is 0.169. The van der Waals surface area contributed by atoms with Gasteiger partial charge < -0.3 is 9.52 Å². The molecule has 0 spiro atoms. The van der Waals surface area contributed by atoms with Crippen LogP contribution < -0.4 is 0 Å². The first-order valence-electron chi connectivity index (χ1n) is 12.0. The number of rotatable bonds is 17. The molecule has 0 amide bonds. The van der Waals surface area contributed by atoms with Crippen molar-refractivity contribution in [3.05, 3.63) is 48.4 Å². The average molecular weight is 427 g/mol. The molecule has 2 rings (SSSR count). The molecule has 1 N–H and O–H groups in total. The standard InChI is InChI=1S/C26H38N2O3/c1-2-3-4-5-6-7-8-9-10-11-12-13-14-18-21-23(29)24(30)26-28-27-25(31-26)22-19-16-15-17-20-22/h7-8,15-17,19-20,23,29H,2-6,9-14,18,21H2,1H3/b8-7-. The maximum atomic E-state index is 12.3. The Labute approximate surface area is 187 Å². The fourth-order valence-electron chi connectivity index (χ4n) is 3.53. The van der Waals surface area contributed by atoms with Crippen molar-refractivity contribution >= 4 is 5.78 Å². The normalized spacial score (nSPS) is 12.5. The van der Waals surface area contributed by atoms with Gasteiger partial charge in [-0.15, -0.1) is 10.2 Å². The molecule has 0 aliphatic carbocycles. The Morgan fingerprint density at radius 1 is 0.903 bits per heavy atom. The van der Waals surface area contributed by atoms with Gasteiger partial charge >= 0.3 is 0 Å². The van der Waals surface area contributed by atoms with Crippen LogP contribution in [0.15, 0.2) is 46.9 Å². The number of unbranched alkanes of at least 4 members (excludes halogenated alkanes) is 10. The molecule has 0 saturated carbocycles. The van der Waals surface area contributed by atoms with Gasteiger partial charge in [0.1, 0.15) is 6.10 Å². The second-order valence-corrected chi connectivity index (χ2v) is 8.18. The summed E-state index contributed by atoms with van der Waals surface area (Å²) >= 11 is 0. The third-order valence-electron chi connectivity index (χ3n) is 5.45. The Balaban J connectivity index is 1.50. The number of carbonyl (C=O) groups excluding carboxylic acids is 1. The Bertz CT molecular complexity index is 755. The molecule has 0 saturated heterocycles. The second-order valence-electron chi connectivity index (χ2n) is 8.18. The van der Waals surface area contributed by atoms with Crippen molar-refractivity contribution in [1.82, 2.24) is 10.2 Å². The zero-order valence-corrected chi connectivity index (χ0v) is 19.0. The molecule has 2 aromatic rings. The van der Waals surface area contributed by atoms with Crippen LogP contribution in [-0.2, 0) is 0 Å². The number of aliphatic hydroxyl groups excluding tert-OH is 1. The first-order chi connectivity index (χ1) is 15.2. The molecule has 31 heavy (non-hydrogen) atoms. The van der Waals surface area contributed by atoms with E-state index in [1.54, 1.807) is 0 Å². The summed E-state index contributed by atoms with van der Waals surface area (Å²) in [5.41, 5.74) is 0.756. The minimum Gasteiger partial charge on any atom is -0.413 e. The predicted molar refractivity (Wildman–Crippen MR) is 125 cm³/mol. The van der Waals surface area contributed by atoms with Gasteiger partial charge in [-0.25, -0.2) is 0 Å². The fraction of sp³-hybridized carbons (Fsp3) is 0.577. The van der Waals surface area contributed by atoms with Crippen molar-refractivity contribution in [1.29, 1.82) is 0 Å². The van der Waals surface area contributed by atoms with Crippen molar-refractivity contribution in [3.63, 3.8) is 0 Å². The highest BCUT2D eigenvalue weighted by Gasteiger charge is 2.23. The number of benzene rings is 1. The minimum absolute atomic E-state index is 0.121. The lowest BCUT2D eigenvalue weighted by molar-refractivity contribution is 0.0689. The smallest absolute Gasteiger partial charge is 0.287 e. The van der Waals surface area contributed by atoms with E-state index in [0.29, 0.717) is 12.3 Å². The number of aromatic nitrogens is 2. The lowest BCUT2D eigenvalue weighted by Gasteiger charge is -2.06. The van der Waals surface area contributed by atoms with Gasteiger partial charge in [0.05, 0.1) is 0 Å². The zero-order chi connectivity index (χ0) is 22.2. The zero-order valence-electron chi connectivity index (χ0n) is 19.0. The van der Waals surface area contributed by atoms with E-state index >= 15 is 0 Å². The van der Waals surface area contributed by atoms with E-state index in [4.69, 9.17) is 4.42 Å². The number of nitrogens with zero attached hydrogens (tertiary/aromatic N) is 2. The van der Waals surface area contributed by atoms with Crippen molar-refractivity contribution in [2.75, 3.05) is 0 Å². The summed E-state index contributed by atoms with van der Waals surface area (Å²) in [6.45, 7) is 2.25. The molecule has 0 radical (unpaired) electrons. The van der Waals surface area contributed by atoms with Gasteiger partial charge in [-0.3, -0.25) is 4.79 Å². The molecular formula is C26H38N2O3. The van der Waals surface area contributed by atoms with Crippen molar-refractivity contribution in [2.45, 2.75) is 96.5 Å². The first kappa shape index (κ1) is 25.0. The SMILES string of the molecule is CCCCCC/C=C\CCCCCCCCC(O)C(=O)c1nnc(-c2ccccc2)o1. The van der Waals surface area contributed by atoms with Crippen LogP contribution in [0.2, 0.25) is 0 Å². The van der Waals surface area contributed by atoms with Gasteiger partial charge in [0, 0.05) is 5.56 Å². The highest BCUT2D eigenvalue weighted by atomic mass is 16.4. The molecule has 1 atom stereocenters. The first-order valence-corrected chi connectivity index (χ1v) is 12.0. The molecule has 0 aliphatic rings. The van der Waals surface area contributed by atoms with E-state index in [-0.39, 0.29) is 5.89 Å². The van der Waals surface area contributed by atoms with Gasteiger partial charge in [0.25, 0.3) is 5.89 Å². The van der Waals surface area contributed by atoms with Crippen LogP contribution in [0.4, 0.5) is 0 Å². The van der Waals surface area contributed by atoms with E-state index in [1.807, 2.05) is 30.3 Å². The molecule has 1 aromatic heterocycles. The summed E-state index contributed by atoms with van der Waals surface area (Å²) in [7, 11) is 0. The van der Waals surface area contributed by atoms with Crippen molar-refractivity contribution < 1.29 is 14.3 Å². The number of Topliss-reactive ketones (excluding diaryl/α,β-unsaturated/α-hetero) is 1. The molecule has 0 bridgehead atoms. The van der Waals surface area contributed by atoms with Crippen LogP contribution in [-0.4, -0.2) is 27.2 Å². The van der Waals surface area contributed by atoms with Crippen molar-refractivity contribution in [3.8, 4) is 11.5 Å². The number of hydrogen-bond acceptors (Lipinski definition) is 5. The van der Waals surface area contributed by atoms with Crippen LogP contribution in [0, 0.1) is 0 Å².